The summed E-state index contributed by atoms with van der Waals surface area (Å²) in [7, 11) is 0. The van der Waals surface area contributed by atoms with Crippen molar-refractivity contribution in [2.45, 2.75) is 51.0 Å². The quantitative estimate of drug-likeness (QED) is 0.816. The third kappa shape index (κ3) is 1.72. The largest absolute Gasteiger partial charge is 0.307 e. The maximum absolute atomic E-state index is 3.86. The van der Waals surface area contributed by atoms with Gasteiger partial charge in [-0.1, -0.05) is 44.0 Å². The molecule has 2 aliphatic rings. The molecule has 1 fully saturated rings. The van der Waals surface area contributed by atoms with Gasteiger partial charge in [0.1, 0.15) is 0 Å². The molecule has 2 aliphatic carbocycles. The minimum Gasteiger partial charge on any atom is -0.307 e. The number of benzene rings is 1. The van der Waals surface area contributed by atoms with Crippen molar-refractivity contribution in [3.8, 4) is 0 Å². The molecule has 1 heteroatoms. The molecule has 1 aromatic carbocycles. The average molecular weight is 229 g/mol. The Morgan fingerprint density at radius 3 is 3.00 bits per heavy atom. The van der Waals surface area contributed by atoms with Gasteiger partial charge >= 0.3 is 0 Å². The van der Waals surface area contributed by atoms with Crippen molar-refractivity contribution < 1.29 is 0 Å². The highest BCUT2D eigenvalue weighted by molar-refractivity contribution is 5.37. The van der Waals surface area contributed by atoms with Crippen molar-refractivity contribution in [3.63, 3.8) is 0 Å². The van der Waals surface area contributed by atoms with Gasteiger partial charge in [-0.2, -0.15) is 0 Å². The van der Waals surface area contributed by atoms with Crippen molar-refractivity contribution in [1.82, 2.24) is 5.32 Å². The summed E-state index contributed by atoms with van der Waals surface area (Å²) in [6.45, 7) is 3.34. The lowest BCUT2D eigenvalue weighted by molar-refractivity contribution is 0.122. The lowest BCUT2D eigenvalue weighted by atomic mass is 9.62. The molecule has 1 saturated carbocycles. The molecule has 1 aromatic rings. The van der Waals surface area contributed by atoms with E-state index < -0.39 is 0 Å². The van der Waals surface area contributed by atoms with Gasteiger partial charge in [0.25, 0.3) is 0 Å². The molecule has 0 aromatic heterocycles. The van der Waals surface area contributed by atoms with Gasteiger partial charge in [-0.15, -0.1) is 0 Å². The molecule has 0 saturated heterocycles. The summed E-state index contributed by atoms with van der Waals surface area (Å²) in [5, 5.41) is 3.86. The molecular weight excluding hydrogens is 206 g/mol. The Morgan fingerprint density at radius 2 is 2.12 bits per heavy atom. The molecule has 0 spiro atoms. The summed E-state index contributed by atoms with van der Waals surface area (Å²) < 4.78 is 0. The molecule has 1 nitrogen and oxygen atoms in total. The maximum atomic E-state index is 3.86. The van der Waals surface area contributed by atoms with E-state index in [4.69, 9.17) is 0 Å². The number of rotatable bonds is 2. The number of nitrogens with one attached hydrogen (secondary N) is 1. The first-order valence-corrected chi connectivity index (χ1v) is 7.20. The van der Waals surface area contributed by atoms with Crippen LogP contribution in [0.2, 0.25) is 0 Å². The fraction of sp³-hybridized carbons (Fsp3) is 0.625. The molecule has 0 bridgehead atoms. The van der Waals surface area contributed by atoms with Crippen molar-refractivity contribution in [2.24, 2.45) is 5.92 Å². The van der Waals surface area contributed by atoms with Crippen LogP contribution in [0.3, 0.4) is 0 Å². The van der Waals surface area contributed by atoms with E-state index in [1.807, 2.05) is 0 Å². The van der Waals surface area contributed by atoms with E-state index >= 15 is 0 Å². The Morgan fingerprint density at radius 1 is 1.24 bits per heavy atom. The van der Waals surface area contributed by atoms with Gasteiger partial charge in [0.15, 0.2) is 0 Å². The highest BCUT2D eigenvalue weighted by Gasteiger charge is 2.44. The summed E-state index contributed by atoms with van der Waals surface area (Å²) in [5.41, 5.74) is 3.51. The molecule has 0 aliphatic heterocycles. The standard InChI is InChI=1S/C16H23N/c1-2-17-16-12-6-5-8-14(16)11-10-13-7-3-4-9-15(13)16/h3-4,7,9,14,17H,2,5-6,8,10-12H2,1H3/t14-,16+/m1/s1. The van der Waals surface area contributed by atoms with Crippen LogP contribution in [0, 0.1) is 5.92 Å². The molecule has 17 heavy (non-hydrogen) atoms. The lowest BCUT2D eigenvalue weighted by Gasteiger charge is -2.49. The SMILES string of the molecule is CCN[C@@]12CCCC[C@@H]1CCc1ccccc12. The van der Waals surface area contributed by atoms with Gasteiger partial charge in [-0.05, 0) is 49.3 Å². The third-order valence-electron chi connectivity index (χ3n) is 4.82. The normalized spacial score (nSPS) is 31.7. The topological polar surface area (TPSA) is 12.0 Å². The first-order valence-electron chi connectivity index (χ1n) is 7.20. The van der Waals surface area contributed by atoms with E-state index in [0.29, 0.717) is 5.54 Å². The van der Waals surface area contributed by atoms with Crippen LogP contribution in [0.5, 0.6) is 0 Å². The fourth-order valence-electron chi connectivity index (χ4n) is 4.14. The lowest BCUT2D eigenvalue weighted by Crippen LogP contribution is -2.52. The Bertz CT molecular complexity index is 394. The van der Waals surface area contributed by atoms with Gasteiger partial charge in [-0.25, -0.2) is 0 Å². The molecule has 2 atom stereocenters. The van der Waals surface area contributed by atoms with E-state index in [2.05, 4.69) is 36.5 Å². The van der Waals surface area contributed by atoms with Crippen LogP contribution in [0.4, 0.5) is 0 Å². The molecule has 3 rings (SSSR count). The summed E-state index contributed by atoms with van der Waals surface area (Å²) >= 11 is 0. The molecule has 0 unspecified atom stereocenters. The van der Waals surface area contributed by atoms with E-state index in [1.54, 1.807) is 11.1 Å². The smallest absolute Gasteiger partial charge is 0.0465 e. The van der Waals surface area contributed by atoms with Crippen molar-refractivity contribution in [2.75, 3.05) is 6.54 Å². The summed E-state index contributed by atoms with van der Waals surface area (Å²) in [6, 6.07) is 9.12. The van der Waals surface area contributed by atoms with E-state index in [-0.39, 0.29) is 0 Å². The van der Waals surface area contributed by atoms with Crippen LogP contribution in [0.15, 0.2) is 24.3 Å². The van der Waals surface area contributed by atoms with Crippen LogP contribution >= 0.6 is 0 Å². The second kappa shape index (κ2) is 4.45. The molecule has 92 valence electrons. The highest BCUT2D eigenvalue weighted by Crippen LogP contribution is 2.48. The predicted molar refractivity (Wildman–Crippen MR) is 72.1 cm³/mol. The van der Waals surface area contributed by atoms with Gasteiger partial charge < -0.3 is 5.32 Å². The Kier molecular flexibility index (Phi) is 2.96. The van der Waals surface area contributed by atoms with Crippen LogP contribution < -0.4 is 5.32 Å². The molecule has 0 heterocycles. The minimum atomic E-state index is 0.307. The monoisotopic (exact) mass is 229 g/mol. The van der Waals surface area contributed by atoms with Crippen LogP contribution in [0.25, 0.3) is 0 Å². The second-order valence-corrected chi connectivity index (χ2v) is 5.64. The predicted octanol–water partition coefficient (Wildman–Crippen LogP) is 3.63. The molecular formula is C16H23N. The second-order valence-electron chi connectivity index (χ2n) is 5.64. The highest BCUT2D eigenvalue weighted by atomic mass is 15.0. The number of fused-ring (bicyclic) bond motifs is 3. The maximum Gasteiger partial charge on any atom is 0.0465 e. The van der Waals surface area contributed by atoms with Crippen LogP contribution in [-0.2, 0) is 12.0 Å². The number of aryl methyl sites for hydroxylation is 1. The first kappa shape index (κ1) is 11.3. The minimum absolute atomic E-state index is 0.307. The van der Waals surface area contributed by atoms with Gasteiger partial charge in [0.2, 0.25) is 0 Å². The van der Waals surface area contributed by atoms with E-state index in [0.717, 1.165) is 12.5 Å². The zero-order chi connectivity index (χ0) is 11.7. The summed E-state index contributed by atoms with van der Waals surface area (Å²) in [5.74, 6) is 0.867. The van der Waals surface area contributed by atoms with E-state index in [9.17, 15) is 0 Å². The van der Waals surface area contributed by atoms with Crippen LogP contribution in [0.1, 0.15) is 50.2 Å². The Labute approximate surface area is 105 Å². The third-order valence-corrected chi connectivity index (χ3v) is 4.82. The van der Waals surface area contributed by atoms with Gasteiger partial charge in [-0.3, -0.25) is 0 Å². The first-order chi connectivity index (χ1) is 8.37. The molecule has 0 amide bonds. The Balaban J connectivity index is 2.07. The van der Waals surface area contributed by atoms with Gasteiger partial charge in [0.05, 0.1) is 0 Å². The summed E-state index contributed by atoms with van der Waals surface area (Å²) in [6.07, 6.45) is 8.24. The number of hydrogen-bond donors (Lipinski definition) is 1. The van der Waals surface area contributed by atoms with Crippen LogP contribution in [-0.4, -0.2) is 6.54 Å². The van der Waals surface area contributed by atoms with Crippen molar-refractivity contribution in [1.29, 1.82) is 0 Å². The molecule has 0 radical (unpaired) electrons. The van der Waals surface area contributed by atoms with Crippen molar-refractivity contribution in [3.05, 3.63) is 35.4 Å². The fourth-order valence-corrected chi connectivity index (χ4v) is 4.14. The zero-order valence-corrected chi connectivity index (χ0v) is 10.8. The van der Waals surface area contributed by atoms with Crippen molar-refractivity contribution >= 4 is 0 Å². The Hall–Kier alpha value is -0.820. The zero-order valence-electron chi connectivity index (χ0n) is 10.8. The number of hydrogen-bond acceptors (Lipinski definition) is 1. The average Bonchev–Trinajstić information content (AvgIpc) is 2.39. The summed E-state index contributed by atoms with van der Waals surface area (Å²) in [4.78, 5) is 0. The van der Waals surface area contributed by atoms with E-state index in [1.165, 1.54) is 38.5 Å². The molecule has 1 N–H and O–H groups in total. The van der Waals surface area contributed by atoms with Gasteiger partial charge in [0, 0.05) is 5.54 Å².